The molecule has 1 rings (SSSR count). The molecule has 4 nitrogen and oxygen atoms in total. The van der Waals surface area contributed by atoms with E-state index in [9.17, 15) is 0 Å². The normalized spacial score (nSPS) is 13.1. The number of benzene rings is 1. The molecule has 0 bridgehead atoms. The lowest BCUT2D eigenvalue weighted by molar-refractivity contribution is 0.0602. The first-order chi connectivity index (χ1) is 8.54. The van der Waals surface area contributed by atoms with Crippen molar-refractivity contribution in [2.75, 3.05) is 6.61 Å². The van der Waals surface area contributed by atoms with Crippen molar-refractivity contribution in [1.29, 1.82) is 0 Å². The van der Waals surface area contributed by atoms with E-state index in [4.69, 9.17) is 15.3 Å². The lowest BCUT2D eigenvalue weighted by Gasteiger charge is -2.22. The third kappa shape index (κ3) is 4.64. The van der Waals surface area contributed by atoms with Gasteiger partial charge in [-0.05, 0) is 33.8 Å². The average Bonchev–Trinajstić information content (AvgIpc) is 2.30. The van der Waals surface area contributed by atoms with E-state index in [1.165, 1.54) is 0 Å². The Balaban J connectivity index is 2.83. The minimum atomic E-state index is -0.0673. The van der Waals surface area contributed by atoms with Crippen LogP contribution in [0.25, 0.3) is 0 Å². The van der Waals surface area contributed by atoms with Gasteiger partial charge in [0.25, 0.3) is 0 Å². The van der Waals surface area contributed by atoms with Crippen molar-refractivity contribution in [3.63, 3.8) is 0 Å². The highest BCUT2D eigenvalue weighted by Gasteiger charge is 2.16. The Kier molecular flexibility index (Phi) is 6.12. The van der Waals surface area contributed by atoms with Crippen LogP contribution in [0.3, 0.4) is 0 Å². The summed E-state index contributed by atoms with van der Waals surface area (Å²) in [5, 5.41) is 0. The zero-order valence-corrected chi connectivity index (χ0v) is 11.6. The van der Waals surface area contributed by atoms with Gasteiger partial charge in [-0.3, -0.25) is 11.3 Å². The summed E-state index contributed by atoms with van der Waals surface area (Å²) in [5.74, 6) is 6.45. The summed E-state index contributed by atoms with van der Waals surface area (Å²) in [4.78, 5) is 0. The third-order valence-electron chi connectivity index (χ3n) is 2.45. The molecule has 0 aromatic heterocycles. The summed E-state index contributed by atoms with van der Waals surface area (Å²) in [7, 11) is 0. The Morgan fingerprint density at radius 1 is 1.11 bits per heavy atom. The van der Waals surface area contributed by atoms with Crippen molar-refractivity contribution in [3.05, 3.63) is 29.8 Å². The van der Waals surface area contributed by atoms with Crippen LogP contribution in [0.2, 0.25) is 0 Å². The molecule has 0 aliphatic rings. The average molecular weight is 252 g/mol. The van der Waals surface area contributed by atoms with E-state index in [1.807, 2.05) is 52.0 Å². The van der Waals surface area contributed by atoms with Crippen LogP contribution in [-0.2, 0) is 4.74 Å². The molecule has 3 N–H and O–H groups in total. The molecule has 1 aromatic carbocycles. The Morgan fingerprint density at radius 3 is 2.33 bits per heavy atom. The third-order valence-corrected chi connectivity index (χ3v) is 2.45. The maximum Gasteiger partial charge on any atom is 0.124 e. The number of para-hydroxylation sites is 1. The molecule has 0 saturated carbocycles. The Bertz CT molecular complexity index is 353. The largest absolute Gasteiger partial charge is 0.491 e. The first-order valence-corrected chi connectivity index (χ1v) is 6.38. The lowest BCUT2D eigenvalue weighted by Crippen LogP contribution is -2.32. The lowest BCUT2D eigenvalue weighted by atomic mass is 10.1. The fourth-order valence-electron chi connectivity index (χ4n) is 1.65. The van der Waals surface area contributed by atoms with Crippen LogP contribution in [0.15, 0.2) is 24.3 Å². The minimum Gasteiger partial charge on any atom is -0.491 e. The van der Waals surface area contributed by atoms with Crippen molar-refractivity contribution >= 4 is 0 Å². The smallest absolute Gasteiger partial charge is 0.124 e. The van der Waals surface area contributed by atoms with Crippen molar-refractivity contribution in [1.82, 2.24) is 5.43 Å². The van der Waals surface area contributed by atoms with Gasteiger partial charge in [-0.25, -0.2) is 0 Å². The summed E-state index contributed by atoms with van der Waals surface area (Å²) >= 11 is 0. The van der Waals surface area contributed by atoms with Gasteiger partial charge in [0.15, 0.2) is 0 Å². The van der Waals surface area contributed by atoms with E-state index in [0.29, 0.717) is 6.61 Å². The van der Waals surface area contributed by atoms with Crippen LogP contribution in [-0.4, -0.2) is 18.8 Å². The molecule has 0 fully saturated rings. The van der Waals surface area contributed by atoms with Gasteiger partial charge in [0.1, 0.15) is 5.75 Å². The van der Waals surface area contributed by atoms with Crippen molar-refractivity contribution in [2.45, 2.75) is 45.9 Å². The minimum absolute atomic E-state index is 0.0673. The molecule has 0 radical (unpaired) electrons. The standard InChI is InChI=1S/C14H24N2O2/c1-10(2)17-9-13(16-15)12-7-5-6-8-14(12)18-11(3)4/h5-8,10-11,13,16H,9,15H2,1-4H3. The fourth-order valence-corrected chi connectivity index (χ4v) is 1.65. The van der Waals surface area contributed by atoms with Gasteiger partial charge in [0, 0.05) is 5.56 Å². The predicted molar refractivity (Wildman–Crippen MR) is 73.4 cm³/mol. The molecule has 102 valence electrons. The van der Waals surface area contributed by atoms with E-state index in [0.717, 1.165) is 11.3 Å². The Labute approximate surface area is 109 Å². The van der Waals surface area contributed by atoms with Crippen LogP contribution in [0.5, 0.6) is 5.75 Å². The topological polar surface area (TPSA) is 56.5 Å². The summed E-state index contributed by atoms with van der Waals surface area (Å²) in [5.41, 5.74) is 3.80. The van der Waals surface area contributed by atoms with Gasteiger partial charge in [0.2, 0.25) is 0 Å². The molecule has 1 aromatic rings. The monoisotopic (exact) mass is 252 g/mol. The molecule has 0 saturated heterocycles. The number of ether oxygens (including phenoxy) is 2. The van der Waals surface area contributed by atoms with E-state index < -0.39 is 0 Å². The first-order valence-electron chi connectivity index (χ1n) is 6.38. The maximum atomic E-state index is 5.78. The van der Waals surface area contributed by atoms with Gasteiger partial charge < -0.3 is 9.47 Å². The SMILES string of the molecule is CC(C)OCC(NN)c1ccccc1OC(C)C. The molecular weight excluding hydrogens is 228 g/mol. The molecule has 1 atom stereocenters. The highest BCUT2D eigenvalue weighted by molar-refractivity contribution is 5.36. The number of nitrogens with one attached hydrogen (secondary N) is 1. The second-order valence-corrected chi connectivity index (χ2v) is 4.81. The van der Waals surface area contributed by atoms with Crippen LogP contribution >= 0.6 is 0 Å². The molecule has 0 spiro atoms. The highest BCUT2D eigenvalue weighted by atomic mass is 16.5. The number of hydrazine groups is 1. The quantitative estimate of drug-likeness (QED) is 0.578. The van der Waals surface area contributed by atoms with Crippen LogP contribution < -0.4 is 16.0 Å². The Morgan fingerprint density at radius 2 is 1.78 bits per heavy atom. The molecule has 1 unspecified atom stereocenters. The van der Waals surface area contributed by atoms with E-state index >= 15 is 0 Å². The van der Waals surface area contributed by atoms with Gasteiger partial charge in [0.05, 0.1) is 24.9 Å². The zero-order valence-electron chi connectivity index (χ0n) is 11.6. The number of rotatable bonds is 7. The molecule has 18 heavy (non-hydrogen) atoms. The molecular formula is C14H24N2O2. The van der Waals surface area contributed by atoms with Gasteiger partial charge in [-0.2, -0.15) is 0 Å². The van der Waals surface area contributed by atoms with Gasteiger partial charge in [-0.15, -0.1) is 0 Å². The molecule has 0 aliphatic heterocycles. The zero-order chi connectivity index (χ0) is 13.5. The van der Waals surface area contributed by atoms with E-state index in [2.05, 4.69) is 5.43 Å². The summed E-state index contributed by atoms with van der Waals surface area (Å²) in [6.45, 7) is 8.54. The van der Waals surface area contributed by atoms with Gasteiger partial charge in [-0.1, -0.05) is 18.2 Å². The van der Waals surface area contributed by atoms with Crippen LogP contribution in [0, 0.1) is 0 Å². The first kappa shape index (κ1) is 15.0. The van der Waals surface area contributed by atoms with Crippen molar-refractivity contribution < 1.29 is 9.47 Å². The molecule has 4 heteroatoms. The van der Waals surface area contributed by atoms with Crippen LogP contribution in [0.1, 0.15) is 39.3 Å². The second-order valence-electron chi connectivity index (χ2n) is 4.81. The van der Waals surface area contributed by atoms with E-state index in [-0.39, 0.29) is 18.2 Å². The highest BCUT2D eigenvalue weighted by Crippen LogP contribution is 2.26. The summed E-state index contributed by atoms with van der Waals surface area (Å²) < 4.78 is 11.4. The predicted octanol–water partition coefficient (Wildman–Crippen LogP) is 2.40. The maximum absolute atomic E-state index is 5.78. The van der Waals surface area contributed by atoms with Gasteiger partial charge >= 0.3 is 0 Å². The number of hydrogen-bond acceptors (Lipinski definition) is 4. The summed E-state index contributed by atoms with van der Waals surface area (Å²) in [6.07, 6.45) is 0.314. The van der Waals surface area contributed by atoms with Crippen molar-refractivity contribution in [3.8, 4) is 5.75 Å². The fraction of sp³-hybridized carbons (Fsp3) is 0.571. The Hall–Kier alpha value is -1.10. The number of nitrogens with two attached hydrogens (primary N) is 1. The van der Waals surface area contributed by atoms with Crippen LogP contribution in [0.4, 0.5) is 0 Å². The molecule has 0 aliphatic carbocycles. The molecule has 0 heterocycles. The summed E-state index contributed by atoms with van der Waals surface area (Å²) in [6, 6.07) is 7.82. The second kappa shape index (κ2) is 7.36. The molecule has 0 amide bonds. The van der Waals surface area contributed by atoms with Crippen molar-refractivity contribution in [2.24, 2.45) is 5.84 Å². The number of hydrogen-bond donors (Lipinski definition) is 2. The van der Waals surface area contributed by atoms with E-state index in [1.54, 1.807) is 0 Å².